The van der Waals surface area contributed by atoms with Gasteiger partial charge in [-0.2, -0.15) is 0 Å². The van der Waals surface area contributed by atoms with Gasteiger partial charge in [-0.25, -0.2) is 0 Å². The summed E-state index contributed by atoms with van der Waals surface area (Å²) in [4.78, 5) is 1.05. The highest BCUT2D eigenvalue weighted by atomic mass is 35.5. The average molecular weight is 258 g/mol. The van der Waals surface area contributed by atoms with Crippen LogP contribution in [0.15, 0.2) is 29.2 Å². The van der Waals surface area contributed by atoms with E-state index in [0.29, 0.717) is 0 Å². The van der Waals surface area contributed by atoms with Crippen LogP contribution in [0.25, 0.3) is 0 Å². The van der Waals surface area contributed by atoms with Crippen LogP contribution in [0.4, 0.5) is 0 Å². The van der Waals surface area contributed by atoms with Crippen molar-refractivity contribution in [1.29, 1.82) is 0 Å². The molecule has 4 heteroatoms. The third-order valence-corrected chi connectivity index (χ3v) is 4.66. The van der Waals surface area contributed by atoms with E-state index in [1.54, 1.807) is 11.8 Å². The topological polar surface area (TPSA) is 32.3 Å². The highest BCUT2D eigenvalue weighted by Crippen LogP contribution is 2.31. The molecule has 0 bridgehead atoms. The summed E-state index contributed by atoms with van der Waals surface area (Å²) in [6, 6.07) is 7.78. The molecule has 1 heterocycles. The molecule has 0 radical (unpaired) electrons. The van der Waals surface area contributed by atoms with Crippen molar-refractivity contribution in [2.24, 2.45) is 0 Å². The summed E-state index contributed by atoms with van der Waals surface area (Å²) >= 11 is 7.72. The second kappa shape index (κ2) is 5.41. The molecule has 16 heavy (non-hydrogen) atoms. The maximum Gasteiger partial charge on any atom is 0.0765 e. The lowest BCUT2D eigenvalue weighted by atomic mass is 9.95. The molecule has 0 amide bonds. The summed E-state index contributed by atoms with van der Waals surface area (Å²) in [5.41, 5.74) is -0.533. The van der Waals surface area contributed by atoms with Crippen LogP contribution in [0.3, 0.4) is 0 Å². The normalized spacial score (nSPS) is 19.6. The average Bonchev–Trinajstić information content (AvgIpc) is 2.29. The van der Waals surface area contributed by atoms with Gasteiger partial charge in [0.05, 0.1) is 10.6 Å². The van der Waals surface area contributed by atoms with Crippen LogP contribution in [0, 0.1) is 0 Å². The molecule has 0 saturated carbocycles. The number of rotatable bonds is 3. The van der Waals surface area contributed by atoms with E-state index in [1.807, 2.05) is 24.3 Å². The standard InChI is InChI=1S/C12H16ClNOS/c13-10-3-1-2-4-11(10)16-9-12(15)5-7-14-8-6-12/h1-4,14-15H,5-9H2. The van der Waals surface area contributed by atoms with Gasteiger partial charge in [0.15, 0.2) is 0 Å². The molecule has 1 saturated heterocycles. The number of aliphatic hydroxyl groups is 1. The second-order valence-corrected chi connectivity index (χ2v) is 5.62. The zero-order chi connectivity index (χ0) is 11.4. The number of benzene rings is 1. The molecule has 1 aliphatic heterocycles. The fourth-order valence-electron chi connectivity index (χ4n) is 1.81. The summed E-state index contributed by atoms with van der Waals surface area (Å²) in [6.07, 6.45) is 1.65. The van der Waals surface area contributed by atoms with E-state index in [1.165, 1.54) is 0 Å². The Bertz CT molecular complexity index is 353. The molecule has 2 rings (SSSR count). The first-order chi connectivity index (χ1) is 7.70. The van der Waals surface area contributed by atoms with E-state index in [2.05, 4.69) is 5.32 Å². The molecule has 0 aliphatic carbocycles. The molecule has 2 nitrogen and oxygen atoms in total. The van der Waals surface area contributed by atoms with Crippen LogP contribution < -0.4 is 5.32 Å². The Kier molecular flexibility index (Phi) is 4.14. The van der Waals surface area contributed by atoms with Gasteiger partial charge in [-0.3, -0.25) is 0 Å². The molecule has 1 aliphatic rings. The zero-order valence-corrected chi connectivity index (χ0v) is 10.7. The molecule has 88 valence electrons. The molecule has 1 aromatic rings. The third-order valence-electron chi connectivity index (χ3n) is 2.87. The summed E-state index contributed by atoms with van der Waals surface area (Å²) in [6.45, 7) is 1.80. The van der Waals surface area contributed by atoms with E-state index >= 15 is 0 Å². The first-order valence-electron chi connectivity index (χ1n) is 5.50. The van der Waals surface area contributed by atoms with E-state index in [9.17, 15) is 5.11 Å². The predicted octanol–water partition coefficient (Wildman–Crippen LogP) is 2.55. The van der Waals surface area contributed by atoms with Gasteiger partial charge in [-0.1, -0.05) is 23.7 Å². The lowest BCUT2D eigenvalue weighted by Crippen LogP contribution is -2.43. The number of halogens is 1. The number of nitrogens with one attached hydrogen (secondary N) is 1. The quantitative estimate of drug-likeness (QED) is 0.817. The molecular formula is C12H16ClNOS. The predicted molar refractivity (Wildman–Crippen MR) is 69.2 cm³/mol. The monoisotopic (exact) mass is 257 g/mol. The van der Waals surface area contributed by atoms with Crippen molar-refractivity contribution in [2.75, 3.05) is 18.8 Å². The van der Waals surface area contributed by atoms with Gasteiger partial charge < -0.3 is 10.4 Å². The fraction of sp³-hybridized carbons (Fsp3) is 0.500. The van der Waals surface area contributed by atoms with Crippen LogP contribution in [-0.2, 0) is 0 Å². The van der Waals surface area contributed by atoms with Gasteiger partial charge in [0.1, 0.15) is 0 Å². The van der Waals surface area contributed by atoms with Gasteiger partial charge in [0.25, 0.3) is 0 Å². The van der Waals surface area contributed by atoms with E-state index in [4.69, 9.17) is 11.6 Å². The van der Waals surface area contributed by atoms with Crippen molar-refractivity contribution in [3.05, 3.63) is 29.3 Å². The third kappa shape index (κ3) is 3.14. The van der Waals surface area contributed by atoms with Crippen molar-refractivity contribution < 1.29 is 5.11 Å². The number of piperidine rings is 1. The Hall–Kier alpha value is -0.220. The van der Waals surface area contributed by atoms with Crippen LogP contribution >= 0.6 is 23.4 Å². The fourth-order valence-corrected chi connectivity index (χ4v) is 3.20. The molecule has 0 unspecified atom stereocenters. The van der Waals surface area contributed by atoms with Crippen molar-refractivity contribution in [3.63, 3.8) is 0 Å². The minimum Gasteiger partial charge on any atom is -0.389 e. The first-order valence-corrected chi connectivity index (χ1v) is 6.86. The van der Waals surface area contributed by atoms with E-state index in [-0.39, 0.29) is 0 Å². The van der Waals surface area contributed by atoms with Gasteiger partial charge in [-0.15, -0.1) is 11.8 Å². The number of hydrogen-bond donors (Lipinski definition) is 2. The molecule has 0 aromatic heterocycles. The van der Waals surface area contributed by atoms with Gasteiger partial charge >= 0.3 is 0 Å². The second-order valence-electron chi connectivity index (χ2n) is 4.19. The largest absolute Gasteiger partial charge is 0.389 e. The van der Waals surface area contributed by atoms with Crippen molar-refractivity contribution in [3.8, 4) is 0 Å². The van der Waals surface area contributed by atoms with Crippen molar-refractivity contribution >= 4 is 23.4 Å². The van der Waals surface area contributed by atoms with Crippen LogP contribution in [0.5, 0.6) is 0 Å². The maximum atomic E-state index is 10.3. The lowest BCUT2D eigenvalue weighted by Gasteiger charge is -2.32. The maximum absolute atomic E-state index is 10.3. The Labute approximate surface area is 105 Å². The minimum absolute atomic E-state index is 0.533. The van der Waals surface area contributed by atoms with Crippen molar-refractivity contribution in [2.45, 2.75) is 23.3 Å². The summed E-state index contributed by atoms with van der Waals surface area (Å²) < 4.78 is 0. The van der Waals surface area contributed by atoms with Crippen molar-refractivity contribution in [1.82, 2.24) is 5.32 Å². The Morgan fingerprint density at radius 3 is 2.69 bits per heavy atom. The zero-order valence-electron chi connectivity index (χ0n) is 9.08. The molecule has 2 N–H and O–H groups in total. The van der Waals surface area contributed by atoms with E-state index in [0.717, 1.165) is 41.6 Å². The first kappa shape index (κ1) is 12.2. The highest BCUT2D eigenvalue weighted by Gasteiger charge is 2.29. The van der Waals surface area contributed by atoms with Gasteiger partial charge in [0, 0.05) is 10.6 Å². The van der Waals surface area contributed by atoms with E-state index < -0.39 is 5.60 Å². The minimum atomic E-state index is -0.533. The smallest absolute Gasteiger partial charge is 0.0765 e. The molecule has 0 spiro atoms. The van der Waals surface area contributed by atoms with Crippen LogP contribution in [-0.4, -0.2) is 29.5 Å². The van der Waals surface area contributed by atoms with Crippen LogP contribution in [0.1, 0.15) is 12.8 Å². The molecule has 1 aromatic carbocycles. The van der Waals surface area contributed by atoms with Gasteiger partial charge in [0.2, 0.25) is 0 Å². The highest BCUT2D eigenvalue weighted by molar-refractivity contribution is 7.99. The Morgan fingerprint density at radius 2 is 2.00 bits per heavy atom. The lowest BCUT2D eigenvalue weighted by molar-refractivity contribution is 0.0339. The summed E-state index contributed by atoms with van der Waals surface area (Å²) in [7, 11) is 0. The molecule has 1 fully saturated rings. The Morgan fingerprint density at radius 1 is 1.31 bits per heavy atom. The summed E-state index contributed by atoms with van der Waals surface area (Å²) in [5, 5.41) is 14.3. The molecule has 0 atom stereocenters. The van der Waals surface area contributed by atoms with Crippen LogP contribution in [0.2, 0.25) is 5.02 Å². The number of hydrogen-bond acceptors (Lipinski definition) is 3. The molecular weight excluding hydrogens is 242 g/mol. The summed E-state index contributed by atoms with van der Waals surface area (Å²) in [5.74, 6) is 0.721. The Balaban J connectivity index is 1.94. The number of thioether (sulfide) groups is 1. The SMILES string of the molecule is OC1(CSc2ccccc2Cl)CCNCC1. The van der Waals surface area contributed by atoms with Gasteiger partial charge in [-0.05, 0) is 38.1 Å².